The number of hydrogen-bond donors (Lipinski definition) is 2. The standard InChI is InChI=1S/C18H32N4O/c1-6-19-18(21-13-14-22(4)15(2)3)20-12-11-16-9-7-8-10-17(16)23-5/h7-10,15H,6,11-14H2,1-5H3,(H2,19,20,21). The maximum absolute atomic E-state index is 5.38. The third-order valence-electron chi connectivity index (χ3n) is 3.83. The van der Waals surface area contributed by atoms with Crippen LogP contribution in [0.1, 0.15) is 26.3 Å². The molecule has 0 amide bonds. The number of hydrogen-bond acceptors (Lipinski definition) is 3. The van der Waals surface area contributed by atoms with Gasteiger partial charge in [-0.15, -0.1) is 0 Å². The third-order valence-corrected chi connectivity index (χ3v) is 3.83. The van der Waals surface area contributed by atoms with E-state index in [1.54, 1.807) is 7.11 Å². The van der Waals surface area contributed by atoms with Gasteiger partial charge in [0.1, 0.15) is 5.75 Å². The maximum atomic E-state index is 5.38. The first-order valence-corrected chi connectivity index (χ1v) is 8.42. The minimum absolute atomic E-state index is 0.547. The molecule has 5 heteroatoms. The second-order valence-corrected chi connectivity index (χ2v) is 5.82. The van der Waals surface area contributed by atoms with Crippen molar-refractivity contribution < 1.29 is 4.74 Å². The molecule has 0 bridgehead atoms. The fourth-order valence-corrected chi connectivity index (χ4v) is 2.14. The van der Waals surface area contributed by atoms with Crippen molar-refractivity contribution in [2.45, 2.75) is 33.2 Å². The molecule has 5 nitrogen and oxygen atoms in total. The average molecular weight is 320 g/mol. The van der Waals surface area contributed by atoms with Crippen LogP contribution in [-0.4, -0.2) is 57.2 Å². The molecule has 23 heavy (non-hydrogen) atoms. The first kappa shape index (κ1) is 19.3. The van der Waals surface area contributed by atoms with E-state index in [0.29, 0.717) is 6.04 Å². The summed E-state index contributed by atoms with van der Waals surface area (Å²) in [5, 5.41) is 6.68. The van der Waals surface area contributed by atoms with Gasteiger partial charge in [0, 0.05) is 25.7 Å². The summed E-state index contributed by atoms with van der Waals surface area (Å²) >= 11 is 0. The summed E-state index contributed by atoms with van der Waals surface area (Å²) in [5.41, 5.74) is 1.21. The molecule has 0 saturated carbocycles. The van der Waals surface area contributed by atoms with E-state index < -0.39 is 0 Å². The third kappa shape index (κ3) is 7.37. The lowest BCUT2D eigenvalue weighted by molar-refractivity contribution is 0.282. The van der Waals surface area contributed by atoms with Crippen LogP contribution in [0.3, 0.4) is 0 Å². The molecule has 2 N–H and O–H groups in total. The van der Waals surface area contributed by atoms with Crippen LogP contribution < -0.4 is 15.4 Å². The first-order valence-electron chi connectivity index (χ1n) is 8.42. The Hall–Kier alpha value is -1.75. The number of likely N-dealkylation sites (N-methyl/N-ethyl adjacent to an activating group) is 1. The highest BCUT2D eigenvalue weighted by atomic mass is 16.5. The number of aliphatic imine (C=N–C) groups is 1. The quantitative estimate of drug-likeness (QED) is 0.541. The summed E-state index contributed by atoms with van der Waals surface area (Å²) < 4.78 is 5.38. The van der Waals surface area contributed by atoms with Crippen molar-refractivity contribution in [3.63, 3.8) is 0 Å². The molecule has 0 unspecified atom stereocenters. The predicted molar refractivity (Wildman–Crippen MR) is 98.4 cm³/mol. The van der Waals surface area contributed by atoms with Crippen molar-refractivity contribution in [2.24, 2.45) is 4.99 Å². The van der Waals surface area contributed by atoms with E-state index in [2.05, 4.69) is 54.4 Å². The van der Waals surface area contributed by atoms with Crippen molar-refractivity contribution in [2.75, 3.05) is 40.3 Å². The second kappa shape index (κ2) is 10.9. The Morgan fingerprint density at radius 2 is 2.00 bits per heavy atom. The molecular formula is C18H32N4O. The minimum atomic E-state index is 0.547. The van der Waals surface area contributed by atoms with E-state index in [4.69, 9.17) is 4.74 Å². The summed E-state index contributed by atoms with van der Waals surface area (Å²) in [6.45, 7) is 9.91. The molecule has 130 valence electrons. The largest absolute Gasteiger partial charge is 0.496 e. The monoisotopic (exact) mass is 320 g/mol. The van der Waals surface area contributed by atoms with Crippen LogP contribution in [0.15, 0.2) is 29.3 Å². The molecule has 1 rings (SSSR count). The lowest BCUT2D eigenvalue weighted by atomic mass is 10.1. The second-order valence-electron chi connectivity index (χ2n) is 5.82. The lowest BCUT2D eigenvalue weighted by Crippen LogP contribution is -2.39. The van der Waals surface area contributed by atoms with Crippen molar-refractivity contribution >= 4 is 5.96 Å². The zero-order valence-corrected chi connectivity index (χ0v) is 15.2. The summed E-state index contributed by atoms with van der Waals surface area (Å²) in [4.78, 5) is 6.92. The summed E-state index contributed by atoms with van der Waals surface area (Å²) in [6, 6.07) is 8.68. The highest BCUT2D eigenvalue weighted by Crippen LogP contribution is 2.17. The van der Waals surface area contributed by atoms with E-state index in [9.17, 15) is 0 Å². The Morgan fingerprint density at radius 3 is 2.65 bits per heavy atom. The van der Waals surface area contributed by atoms with Crippen LogP contribution in [0.25, 0.3) is 0 Å². The van der Waals surface area contributed by atoms with Gasteiger partial charge in [-0.1, -0.05) is 18.2 Å². The number of ether oxygens (including phenoxy) is 1. The molecule has 0 fully saturated rings. The number of benzene rings is 1. The highest BCUT2D eigenvalue weighted by molar-refractivity contribution is 5.79. The number of guanidine groups is 1. The van der Waals surface area contributed by atoms with Gasteiger partial charge in [0.25, 0.3) is 0 Å². The van der Waals surface area contributed by atoms with Crippen LogP contribution >= 0.6 is 0 Å². The van der Waals surface area contributed by atoms with Crippen LogP contribution in [0.4, 0.5) is 0 Å². The van der Waals surface area contributed by atoms with Crippen LogP contribution in [0.5, 0.6) is 5.75 Å². The van der Waals surface area contributed by atoms with E-state index in [1.807, 2.05) is 18.2 Å². The molecule has 0 aliphatic rings. The van der Waals surface area contributed by atoms with Gasteiger partial charge < -0.3 is 20.3 Å². The zero-order chi connectivity index (χ0) is 17.1. The molecule has 0 aliphatic heterocycles. The van der Waals surface area contributed by atoms with Crippen molar-refractivity contribution in [3.05, 3.63) is 29.8 Å². The SMILES string of the molecule is CCNC(=NCCN(C)C(C)C)NCCc1ccccc1OC. The van der Waals surface area contributed by atoms with Gasteiger partial charge >= 0.3 is 0 Å². The highest BCUT2D eigenvalue weighted by Gasteiger charge is 2.04. The fourth-order valence-electron chi connectivity index (χ4n) is 2.14. The maximum Gasteiger partial charge on any atom is 0.191 e. The van der Waals surface area contributed by atoms with Gasteiger partial charge in [0.05, 0.1) is 13.7 Å². The number of para-hydroxylation sites is 1. The van der Waals surface area contributed by atoms with Crippen LogP contribution in [0, 0.1) is 0 Å². The Kier molecular flexibility index (Phi) is 9.14. The molecular weight excluding hydrogens is 288 g/mol. The number of rotatable bonds is 9. The van der Waals surface area contributed by atoms with E-state index in [-0.39, 0.29) is 0 Å². The van der Waals surface area contributed by atoms with E-state index in [1.165, 1.54) is 5.56 Å². The zero-order valence-electron chi connectivity index (χ0n) is 15.2. The molecule has 0 saturated heterocycles. The van der Waals surface area contributed by atoms with E-state index in [0.717, 1.165) is 44.3 Å². The Morgan fingerprint density at radius 1 is 1.26 bits per heavy atom. The van der Waals surface area contributed by atoms with Gasteiger partial charge in [0.2, 0.25) is 0 Å². The smallest absolute Gasteiger partial charge is 0.191 e. The van der Waals surface area contributed by atoms with Crippen molar-refractivity contribution in [1.82, 2.24) is 15.5 Å². The molecule has 0 aromatic heterocycles. The van der Waals surface area contributed by atoms with Crippen LogP contribution in [0.2, 0.25) is 0 Å². The molecule has 0 radical (unpaired) electrons. The van der Waals surface area contributed by atoms with Crippen molar-refractivity contribution in [1.29, 1.82) is 0 Å². The Labute approximate surface area is 141 Å². The molecule has 0 heterocycles. The first-order chi connectivity index (χ1) is 11.1. The van der Waals surface area contributed by atoms with E-state index >= 15 is 0 Å². The molecule has 1 aromatic carbocycles. The van der Waals surface area contributed by atoms with Gasteiger partial charge in [-0.05, 0) is 45.9 Å². The topological polar surface area (TPSA) is 48.9 Å². The molecule has 0 atom stereocenters. The number of nitrogens with zero attached hydrogens (tertiary/aromatic N) is 2. The normalized spacial score (nSPS) is 11.9. The summed E-state index contributed by atoms with van der Waals surface area (Å²) in [6.07, 6.45) is 0.903. The van der Waals surface area contributed by atoms with Gasteiger partial charge in [-0.3, -0.25) is 4.99 Å². The van der Waals surface area contributed by atoms with Gasteiger partial charge in [0.15, 0.2) is 5.96 Å². The summed E-state index contributed by atoms with van der Waals surface area (Å²) in [5.74, 6) is 1.81. The average Bonchev–Trinajstić information content (AvgIpc) is 2.55. The predicted octanol–water partition coefficient (Wildman–Crippen LogP) is 2.13. The molecule has 0 spiro atoms. The number of methoxy groups -OCH3 is 1. The summed E-state index contributed by atoms with van der Waals surface area (Å²) in [7, 11) is 3.84. The molecule has 1 aromatic rings. The molecule has 0 aliphatic carbocycles. The fraction of sp³-hybridized carbons (Fsp3) is 0.611. The van der Waals surface area contributed by atoms with Crippen molar-refractivity contribution in [3.8, 4) is 5.75 Å². The van der Waals surface area contributed by atoms with Crippen LogP contribution in [-0.2, 0) is 6.42 Å². The lowest BCUT2D eigenvalue weighted by Gasteiger charge is -2.20. The number of nitrogens with one attached hydrogen (secondary N) is 2. The van der Waals surface area contributed by atoms with Gasteiger partial charge in [-0.25, -0.2) is 0 Å². The van der Waals surface area contributed by atoms with Gasteiger partial charge in [-0.2, -0.15) is 0 Å². The minimum Gasteiger partial charge on any atom is -0.496 e. The Bertz CT molecular complexity index is 474. The Balaban J connectivity index is 2.46.